The van der Waals surface area contributed by atoms with Gasteiger partial charge in [0.25, 0.3) is 5.56 Å². The standard InChI is InChI=1S/C14H14N2O2S2/c1-8-9(2)20-12-11(8)13(17)16(14(19)15-12)6-5-10-4-3-7-18-10/h3-4,7H,5-6H2,1-2H3,(H,15,19). The summed E-state index contributed by atoms with van der Waals surface area (Å²) in [6, 6.07) is 3.74. The molecule has 1 N–H and O–H groups in total. The summed E-state index contributed by atoms with van der Waals surface area (Å²) in [5, 5.41) is 0.751. The number of fused-ring (bicyclic) bond motifs is 1. The largest absolute Gasteiger partial charge is 0.469 e. The van der Waals surface area contributed by atoms with Gasteiger partial charge in [0.1, 0.15) is 10.6 Å². The van der Waals surface area contributed by atoms with Crippen LogP contribution in [0.3, 0.4) is 0 Å². The second-order valence-electron chi connectivity index (χ2n) is 4.70. The highest BCUT2D eigenvalue weighted by Crippen LogP contribution is 2.25. The van der Waals surface area contributed by atoms with E-state index in [1.807, 2.05) is 26.0 Å². The molecule has 3 aromatic heterocycles. The van der Waals surface area contributed by atoms with Crippen molar-refractivity contribution in [2.45, 2.75) is 26.8 Å². The van der Waals surface area contributed by atoms with Gasteiger partial charge in [0, 0.05) is 17.8 Å². The van der Waals surface area contributed by atoms with E-state index < -0.39 is 0 Å². The summed E-state index contributed by atoms with van der Waals surface area (Å²) >= 11 is 6.88. The summed E-state index contributed by atoms with van der Waals surface area (Å²) in [5.41, 5.74) is 1.02. The number of H-pyrrole nitrogens is 1. The van der Waals surface area contributed by atoms with Crippen LogP contribution in [0.4, 0.5) is 0 Å². The Kier molecular flexibility index (Phi) is 3.35. The first-order valence-electron chi connectivity index (χ1n) is 6.33. The van der Waals surface area contributed by atoms with Crippen molar-refractivity contribution in [3.8, 4) is 0 Å². The van der Waals surface area contributed by atoms with Crippen LogP contribution >= 0.6 is 23.6 Å². The number of thiophene rings is 1. The Balaban J connectivity index is 2.09. The van der Waals surface area contributed by atoms with E-state index in [0.717, 1.165) is 26.4 Å². The van der Waals surface area contributed by atoms with Gasteiger partial charge in [-0.2, -0.15) is 0 Å². The zero-order valence-corrected chi connectivity index (χ0v) is 12.9. The maximum atomic E-state index is 12.6. The number of furan rings is 1. The van der Waals surface area contributed by atoms with Crippen LogP contribution in [0.25, 0.3) is 10.2 Å². The van der Waals surface area contributed by atoms with Gasteiger partial charge in [-0.25, -0.2) is 0 Å². The summed E-state index contributed by atoms with van der Waals surface area (Å²) in [7, 11) is 0. The molecule has 3 aromatic rings. The zero-order chi connectivity index (χ0) is 14.3. The van der Waals surface area contributed by atoms with Gasteiger partial charge in [-0.3, -0.25) is 9.36 Å². The molecule has 3 rings (SSSR count). The summed E-state index contributed by atoms with van der Waals surface area (Å²) < 4.78 is 7.37. The Morgan fingerprint density at radius 2 is 2.25 bits per heavy atom. The average molecular weight is 306 g/mol. The molecule has 0 aliphatic rings. The maximum absolute atomic E-state index is 12.6. The minimum Gasteiger partial charge on any atom is -0.469 e. The van der Waals surface area contributed by atoms with Crippen LogP contribution in [-0.4, -0.2) is 9.55 Å². The predicted molar refractivity (Wildman–Crippen MR) is 83.2 cm³/mol. The number of hydrogen-bond acceptors (Lipinski definition) is 4. The molecule has 0 aliphatic heterocycles. The number of aromatic amines is 1. The molecule has 0 amide bonds. The molecular formula is C14H14N2O2S2. The quantitative estimate of drug-likeness (QED) is 0.753. The van der Waals surface area contributed by atoms with Crippen molar-refractivity contribution in [3.63, 3.8) is 0 Å². The van der Waals surface area contributed by atoms with Gasteiger partial charge in [0.15, 0.2) is 4.77 Å². The van der Waals surface area contributed by atoms with Crippen molar-refractivity contribution in [3.05, 3.63) is 49.7 Å². The summed E-state index contributed by atoms with van der Waals surface area (Å²) in [6.45, 7) is 4.51. The lowest BCUT2D eigenvalue weighted by atomic mass is 10.2. The number of nitrogens with zero attached hydrogens (tertiary/aromatic N) is 1. The molecule has 0 fully saturated rings. The molecule has 6 heteroatoms. The van der Waals surface area contributed by atoms with E-state index in [4.69, 9.17) is 16.6 Å². The molecule has 0 bridgehead atoms. The van der Waals surface area contributed by atoms with Crippen molar-refractivity contribution < 1.29 is 4.42 Å². The van der Waals surface area contributed by atoms with Crippen molar-refractivity contribution >= 4 is 33.8 Å². The van der Waals surface area contributed by atoms with Gasteiger partial charge in [-0.05, 0) is 43.8 Å². The molecule has 3 heterocycles. The first-order valence-corrected chi connectivity index (χ1v) is 7.55. The van der Waals surface area contributed by atoms with Crippen molar-refractivity contribution in [2.24, 2.45) is 0 Å². The molecule has 0 unspecified atom stereocenters. The fourth-order valence-electron chi connectivity index (χ4n) is 2.24. The number of hydrogen-bond donors (Lipinski definition) is 1. The van der Waals surface area contributed by atoms with Gasteiger partial charge in [-0.1, -0.05) is 0 Å². The van der Waals surface area contributed by atoms with Gasteiger partial charge >= 0.3 is 0 Å². The zero-order valence-electron chi connectivity index (χ0n) is 11.2. The minimum absolute atomic E-state index is 0.0165. The van der Waals surface area contributed by atoms with Crippen LogP contribution in [0.2, 0.25) is 0 Å². The Morgan fingerprint density at radius 3 is 2.95 bits per heavy atom. The van der Waals surface area contributed by atoms with E-state index in [1.54, 1.807) is 22.2 Å². The van der Waals surface area contributed by atoms with Crippen LogP contribution in [-0.2, 0) is 13.0 Å². The molecule has 0 radical (unpaired) electrons. The summed E-state index contributed by atoms with van der Waals surface area (Å²) in [5.74, 6) is 0.851. The maximum Gasteiger partial charge on any atom is 0.263 e. The first-order chi connectivity index (χ1) is 9.58. The topological polar surface area (TPSA) is 50.9 Å². The number of aryl methyl sites for hydroxylation is 3. The third-order valence-electron chi connectivity index (χ3n) is 3.47. The first kappa shape index (κ1) is 13.3. The fourth-order valence-corrected chi connectivity index (χ4v) is 3.64. The molecule has 0 atom stereocenters. The molecule has 4 nitrogen and oxygen atoms in total. The molecule has 0 saturated heterocycles. The fraction of sp³-hybridized carbons (Fsp3) is 0.286. The van der Waals surface area contributed by atoms with E-state index >= 15 is 0 Å². The lowest BCUT2D eigenvalue weighted by Crippen LogP contribution is -2.23. The van der Waals surface area contributed by atoms with E-state index in [1.165, 1.54) is 0 Å². The van der Waals surface area contributed by atoms with Crippen molar-refractivity contribution in [1.82, 2.24) is 9.55 Å². The van der Waals surface area contributed by atoms with E-state index in [9.17, 15) is 4.79 Å². The van der Waals surface area contributed by atoms with Crippen LogP contribution in [0, 0.1) is 18.6 Å². The molecule has 104 valence electrons. The van der Waals surface area contributed by atoms with Crippen LogP contribution in [0.1, 0.15) is 16.2 Å². The van der Waals surface area contributed by atoms with Crippen LogP contribution in [0.15, 0.2) is 27.6 Å². The van der Waals surface area contributed by atoms with E-state index in [0.29, 0.717) is 17.7 Å². The Labute approximate surface area is 124 Å². The number of aromatic nitrogens is 2. The van der Waals surface area contributed by atoms with E-state index in [2.05, 4.69) is 4.98 Å². The van der Waals surface area contributed by atoms with Crippen LogP contribution in [0.5, 0.6) is 0 Å². The molecule has 0 spiro atoms. The summed E-state index contributed by atoms with van der Waals surface area (Å²) in [6.07, 6.45) is 2.28. The van der Waals surface area contributed by atoms with E-state index in [-0.39, 0.29) is 5.56 Å². The number of nitrogens with one attached hydrogen (secondary N) is 1. The third-order valence-corrected chi connectivity index (χ3v) is 4.92. The molecular weight excluding hydrogens is 292 g/mol. The smallest absolute Gasteiger partial charge is 0.263 e. The normalized spacial score (nSPS) is 11.3. The monoisotopic (exact) mass is 306 g/mol. The van der Waals surface area contributed by atoms with Gasteiger partial charge in [0.05, 0.1) is 11.6 Å². The number of rotatable bonds is 3. The minimum atomic E-state index is -0.0165. The predicted octanol–water partition coefficient (Wildman–Crippen LogP) is 3.57. The van der Waals surface area contributed by atoms with Gasteiger partial charge in [0.2, 0.25) is 0 Å². The highest BCUT2D eigenvalue weighted by atomic mass is 32.1. The molecule has 20 heavy (non-hydrogen) atoms. The SMILES string of the molecule is Cc1sc2[nH]c(=S)n(CCc3ccco3)c(=O)c2c1C. The molecule has 0 saturated carbocycles. The van der Waals surface area contributed by atoms with Gasteiger partial charge in [-0.15, -0.1) is 11.3 Å². The highest BCUT2D eigenvalue weighted by Gasteiger charge is 2.12. The third kappa shape index (κ3) is 2.14. The molecule has 0 aromatic carbocycles. The van der Waals surface area contributed by atoms with Crippen molar-refractivity contribution in [2.75, 3.05) is 0 Å². The van der Waals surface area contributed by atoms with Gasteiger partial charge < -0.3 is 9.40 Å². The Bertz CT molecular complexity index is 869. The lowest BCUT2D eigenvalue weighted by molar-refractivity contribution is 0.486. The van der Waals surface area contributed by atoms with Crippen LogP contribution < -0.4 is 5.56 Å². The lowest BCUT2D eigenvalue weighted by Gasteiger charge is -2.05. The molecule has 0 aliphatic carbocycles. The summed E-state index contributed by atoms with van der Waals surface area (Å²) in [4.78, 5) is 17.8. The highest BCUT2D eigenvalue weighted by molar-refractivity contribution is 7.71. The second-order valence-corrected chi connectivity index (χ2v) is 6.32. The second kappa shape index (κ2) is 5.03. The van der Waals surface area contributed by atoms with Crippen molar-refractivity contribution in [1.29, 1.82) is 0 Å². The Morgan fingerprint density at radius 1 is 1.45 bits per heavy atom. The average Bonchev–Trinajstić information content (AvgIpc) is 2.99. The Hall–Kier alpha value is -1.66.